The summed E-state index contributed by atoms with van der Waals surface area (Å²) in [6.45, 7) is 1.91. The molecule has 0 saturated carbocycles. The summed E-state index contributed by atoms with van der Waals surface area (Å²) in [6.07, 6.45) is 3.09. The van der Waals surface area contributed by atoms with Gasteiger partial charge in [0.1, 0.15) is 5.02 Å². The number of nitrogens with one attached hydrogen (secondary N) is 1. The van der Waals surface area contributed by atoms with Crippen LogP contribution in [0.1, 0.15) is 24.0 Å². The molecule has 8 heteroatoms. The number of carbonyl (C=O) groups excluding carboxylic acids is 1. The van der Waals surface area contributed by atoms with E-state index in [0.717, 1.165) is 24.1 Å². The molecule has 0 aliphatic carbocycles. The molecular weight excluding hydrogens is 423 g/mol. The molecule has 0 unspecified atom stereocenters. The smallest absolute Gasteiger partial charge is 0.292 e. The molecule has 1 aromatic heterocycles. The molecule has 4 rings (SSSR count). The van der Waals surface area contributed by atoms with Gasteiger partial charge in [0.2, 0.25) is 5.91 Å². The van der Waals surface area contributed by atoms with Crippen molar-refractivity contribution in [3.05, 3.63) is 86.3 Å². The maximum absolute atomic E-state index is 12.6. The molecular formula is C22H20Cl2N4O2. The Labute approximate surface area is 184 Å². The zero-order valence-electron chi connectivity index (χ0n) is 16.1. The predicted octanol–water partition coefficient (Wildman–Crippen LogP) is 4.27. The van der Waals surface area contributed by atoms with Crippen LogP contribution in [0.4, 0.5) is 5.69 Å². The number of rotatable bonds is 6. The highest BCUT2D eigenvalue weighted by molar-refractivity contribution is 6.33. The average molecular weight is 443 g/mol. The van der Waals surface area contributed by atoms with Crippen LogP contribution in [0.5, 0.6) is 0 Å². The van der Waals surface area contributed by atoms with E-state index in [4.69, 9.17) is 23.2 Å². The van der Waals surface area contributed by atoms with Crippen molar-refractivity contribution in [1.82, 2.24) is 14.7 Å². The monoisotopic (exact) mass is 442 g/mol. The molecule has 3 aromatic rings. The molecule has 2 aromatic carbocycles. The Morgan fingerprint density at radius 3 is 2.53 bits per heavy atom. The van der Waals surface area contributed by atoms with Gasteiger partial charge in [-0.2, -0.15) is 9.78 Å². The van der Waals surface area contributed by atoms with E-state index in [9.17, 15) is 9.59 Å². The number of amides is 1. The lowest BCUT2D eigenvalue weighted by Gasteiger charge is -2.16. The van der Waals surface area contributed by atoms with Gasteiger partial charge in [0.25, 0.3) is 5.56 Å². The maximum atomic E-state index is 12.6. The Balaban J connectivity index is 1.47. The summed E-state index contributed by atoms with van der Waals surface area (Å²) in [6, 6.07) is 14.8. The number of halogens is 2. The van der Waals surface area contributed by atoms with E-state index < -0.39 is 5.56 Å². The molecule has 6 nitrogen and oxygen atoms in total. The second kappa shape index (κ2) is 8.90. The third kappa shape index (κ3) is 4.50. The van der Waals surface area contributed by atoms with E-state index in [1.807, 2.05) is 23.1 Å². The molecule has 1 aliphatic heterocycles. The first-order valence-electron chi connectivity index (χ1n) is 9.64. The standard InChI is InChI=1S/C22H20Cl2N4O2/c23-17-6-8-18(9-7-17)28-22(30)21(24)19(13-26-28)25-12-15-3-1-4-16(11-15)14-27-10-2-5-20(27)29/h1,3-4,6-9,11,13,25H,2,5,10,12,14H2. The first-order valence-corrected chi connectivity index (χ1v) is 10.4. The summed E-state index contributed by atoms with van der Waals surface area (Å²) in [4.78, 5) is 26.3. The predicted molar refractivity (Wildman–Crippen MR) is 118 cm³/mol. The van der Waals surface area contributed by atoms with Crippen LogP contribution in [0.3, 0.4) is 0 Å². The molecule has 1 saturated heterocycles. The lowest BCUT2D eigenvalue weighted by Crippen LogP contribution is -2.24. The van der Waals surface area contributed by atoms with Gasteiger partial charge in [-0.3, -0.25) is 9.59 Å². The lowest BCUT2D eigenvalue weighted by molar-refractivity contribution is -0.128. The van der Waals surface area contributed by atoms with Crippen molar-refractivity contribution in [2.24, 2.45) is 0 Å². The topological polar surface area (TPSA) is 67.2 Å². The van der Waals surface area contributed by atoms with E-state index in [-0.39, 0.29) is 10.9 Å². The van der Waals surface area contributed by atoms with Gasteiger partial charge in [-0.1, -0.05) is 47.5 Å². The molecule has 0 bridgehead atoms. The second-order valence-electron chi connectivity index (χ2n) is 7.16. The molecule has 30 heavy (non-hydrogen) atoms. The van der Waals surface area contributed by atoms with Crippen molar-refractivity contribution < 1.29 is 4.79 Å². The third-order valence-electron chi connectivity index (χ3n) is 5.01. The van der Waals surface area contributed by atoms with E-state index in [1.54, 1.807) is 24.3 Å². The van der Waals surface area contributed by atoms with Gasteiger partial charge in [-0.25, -0.2) is 0 Å². The molecule has 0 spiro atoms. The van der Waals surface area contributed by atoms with Crippen LogP contribution in [0.2, 0.25) is 10.0 Å². The molecule has 1 aliphatic rings. The summed E-state index contributed by atoms with van der Waals surface area (Å²) < 4.78 is 1.23. The fraction of sp³-hybridized carbons (Fsp3) is 0.227. The van der Waals surface area contributed by atoms with Gasteiger partial charge in [0.15, 0.2) is 0 Å². The van der Waals surface area contributed by atoms with Gasteiger partial charge in [0, 0.05) is 31.1 Å². The van der Waals surface area contributed by atoms with Crippen LogP contribution in [0.15, 0.2) is 59.5 Å². The SMILES string of the molecule is O=C1CCCN1Cc1cccc(CNc2cnn(-c3ccc(Cl)cc3)c(=O)c2Cl)c1. The minimum Gasteiger partial charge on any atom is -0.378 e. The van der Waals surface area contributed by atoms with Crippen molar-refractivity contribution in [3.63, 3.8) is 0 Å². The quantitative estimate of drug-likeness (QED) is 0.618. The number of carbonyl (C=O) groups is 1. The number of hydrogen-bond donors (Lipinski definition) is 1. The molecule has 1 amide bonds. The van der Waals surface area contributed by atoms with Gasteiger partial charge in [-0.05, 0) is 41.8 Å². The first kappa shape index (κ1) is 20.4. The Kier molecular flexibility index (Phi) is 6.06. The molecule has 2 heterocycles. The fourth-order valence-electron chi connectivity index (χ4n) is 3.45. The Bertz CT molecular complexity index is 1130. The van der Waals surface area contributed by atoms with E-state index in [0.29, 0.717) is 35.9 Å². The van der Waals surface area contributed by atoms with Crippen molar-refractivity contribution in [2.45, 2.75) is 25.9 Å². The minimum absolute atomic E-state index is 0.0683. The molecule has 0 atom stereocenters. The van der Waals surface area contributed by atoms with Crippen molar-refractivity contribution >= 4 is 34.8 Å². The van der Waals surface area contributed by atoms with E-state index >= 15 is 0 Å². The Hall–Kier alpha value is -2.83. The first-order chi connectivity index (χ1) is 14.5. The average Bonchev–Trinajstić information content (AvgIpc) is 3.15. The highest BCUT2D eigenvalue weighted by Gasteiger charge is 2.20. The van der Waals surface area contributed by atoms with Crippen molar-refractivity contribution in [1.29, 1.82) is 0 Å². The summed E-state index contributed by atoms with van der Waals surface area (Å²) in [5.74, 6) is 0.206. The van der Waals surface area contributed by atoms with Crippen LogP contribution in [0.25, 0.3) is 5.69 Å². The molecule has 154 valence electrons. The van der Waals surface area contributed by atoms with Gasteiger partial charge < -0.3 is 10.2 Å². The van der Waals surface area contributed by atoms with Crippen LogP contribution >= 0.6 is 23.2 Å². The molecule has 0 radical (unpaired) electrons. The molecule has 1 N–H and O–H groups in total. The number of benzene rings is 2. The number of anilines is 1. The number of nitrogens with zero attached hydrogens (tertiary/aromatic N) is 3. The third-order valence-corrected chi connectivity index (χ3v) is 5.63. The fourth-order valence-corrected chi connectivity index (χ4v) is 3.77. The summed E-state index contributed by atoms with van der Waals surface area (Å²) >= 11 is 12.2. The lowest BCUT2D eigenvalue weighted by atomic mass is 10.1. The van der Waals surface area contributed by atoms with Crippen LogP contribution in [-0.2, 0) is 17.9 Å². The van der Waals surface area contributed by atoms with Crippen LogP contribution < -0.4 is 10.9 Å². The summed E-state index contributed by atoms with van der Waals surface area (Å²) in [5, 5.41) is 8.04. The number of aromatic nitrogens is 2. The zero-order chi connectivity index (χ0) is 21.1. The molecule has 1 fully saturated rings. The normalized spacial score (nSPS) is 13.7. The summed E-state index contributed by atoms with van der Waals surface area (Å²) in [5.41, 5.74) is 2.74. The van der Waals surface area contributed by atoms with Crippen LogP contribution in [0, 0.1) is 0 Å². The van der Waals surface area contributed by atoms with Crippen LogP contribution in [-0.4, -0.2) is 27.1 Å². The number of likely N-dealkylation sites (tertiary alicyclic amines) is 1. The van der Waals surface area contributed by atoms with Crippen molar-refractivity contribution in [3.8, 4) is 5.69 Å². The van der Waals surface area contributed by atoms with Gasteiger partial charge in [0.05, 0.1) is 17.6 Å². The Morgan fingerprint density at radius 2 is 1.80 bits per heavy atom. The van der Waals surface area contributed by atoms with Gasteiger partial charge >= 0.3 is 0 Å². The van der Waals surface area contributed by atoms with E-state index in [1.165, 1.54) is 10.9 Å². The van der Waals surface area contributed by atoms with Gasteiger partial charge in [-0.15, -0.1) is 0 Å². The highest BCUT2D eigenvalue weighted by Crippen LogP contribution is 2.20. The van der Waals surface area contributed by atoms with Crippen molar-refractivity contribution in [2.75, 3.05) is 11.9 Å². The Morgan fingerprint density at radius 1 is 1.03 bits per heavy atom. The summed E-state index contributed by atoms with van der Waals surface area (Å²) in [7, 11) is 0. The van der Waals surface area contributed by atoms with E-state index in [2.05, 4.69) is 16.5 Å². The zero-order valence-corrected chi connectivity index (χ0v) is 17.7. The maximum Gasteiger partial charge on any atom is 0.292 e. The number of hydrogen-bond acceptors (Lipinski definition) is 4. The largest absolute Gasteiger partial charge is 0.378 e. The highest BCUT2D eigenvalue weighted by atomic mass is 35.5. The minimum atomic E-state index is -0.412. The second-order valence-corrected chi connectivity index (χ2v) is 7.97.